The molecule has 1 fully saturated rings. The van der Waals surface area contributed by atoms with Gasteiger partial charge >= 0.3 is 0 Å². The second-order valence-electron chi connectivity index (χ2n) is 4.40. The second kappa shape index (κ2) is 6.52. The average Bonchev–Trinajstić information content (AvgIpc) is 2.39. The summed E-state index contributed by atoms with van der Waals surface area (Å²) in [6, 6.07) is 6.49. The number of rotatable bonds is 4. The van der Waals surface area contributed by atoms with E-state index in [4.69, 9.17) is 15.2 Å². The van der Waals surface area contributed by atoms with Gasteiger partial charge in [-0.05, 0) is 33.6 Å². The van der Waals surface area contributed by atoms with Crippen LogP contribution in [0.2, 0.25) is 0 Å². The molecule has 0 spiro atoms. The van der Waals surface area contributed by atoms with Crippen molar-refractivity contribution in [2.45, 2.75) is 12.6 Å². The second-order valence-corrected chi connectivity index (χ2v) is 5.26. The molecule has 1 saturated heterocycles. The van der Waals surface area contributed by atoms with Gasteiger partial charge in [0.25, 0.3) is 0 Å². The van der Waals surface area contributed by atoms with Crippen LogP contribution in [0.4, 0.5) is 0 Å². The molecule has 0 aliphatic carbocycles. The van der Waals surface area contributed by atoms with Crippen LogP contribution in [0.3, 0.4) is 0 Å². The Labute approximate surface area is 116 Å². The molecule has 0 bridgehead atoms. The molecule has 1 atom stereocenters. The van der Waals surface area contributed by atoms with Crippen LogP contribution in [0.15, 0.2) is 22.7 Å². The van der Waals surface area contributed by atoms with Gasteiger partial charge in [0.1, 0.15) is 5.75 Å². The Morgan fingerprint density at radius 3 is 3.06 bits per heavy atom. The SMILES string of the molecule is COc1ccc(CN2CCOCC2CN)cc1Br. The summed E-state index contributed by atoms with van der Waals surface area (Å²) >= 11 is 3.51. The number of benzene rings is 1. The Morgan fingerprint density at radius 2 is 2.39 bits per heavy atom. The van der Waals surface area contributed by atoms with Gasteiger partial charge in [0.2, 0.25) is 0 Å². The van der Waals surface area contributed by atoms with Crippen LogP contribution in [0, 0.1) is 0 Å². The van der Waals surface area contributed by atoms with Gasteiger partial charge in [0, 0.05) is 25.7 Å². The van der Waals surface area contributed by atoms with Gasteiger partial charge in [-0.25, -0.2) is 0 Å². The fourth-order valence-electron chi connectivity index (χ4n) is 2.16. The Balaban J connectivity index is 2.05. The Kier molecular flexibility index (Phi) is 5.00. The van der Waals surface area contributed by atoms with Gasteiger partial charge in [0.05, 0.1) is 24.8 Å². The largest absolute Gasteiger partial charge is 0.496 e. The summed E-state index contributed by atoms with van der Waals surface area (Å²) in [5.74, 6) is 0.858. The molecule has 0 radical (unpaired) electrons. The summed E-state index contributed by atoms with van der Waals surface area (Å²) in [6.07, 6.45) is 0. The van der Waals surface area contributed by atoms with Crippen molar-refractivity contribution >= 4 is 15.9 Å². The molecule has 5 heteroatoms. The van der Waals surface area contributed by atoms with Gasteiger partial charge in [-0.1, -0.05) is 6.07 Å². The van der Waals surface area contributed by atoms with E-state index in [0.717, 1.165) is 36.5 Å². The van der Waals surface area contributed by atoms with E-state index in [-0.39, 0.29) is 0 Å². The van der Waals surface area contributed by atoms with Crippen molar-refractivity contribution in [2.24, 2.45) is 5.73 Å². The molecule has 18 heavy (non-hydrogen) atoms. The Bertz CT molecular complexity index is 401. The number of ether oxygens (including phenoxy) is 2. The first-order valence-corrected chi connectivity index (χ1v) is 6.88. The Hall–Kier alpha value is -0.620. The molecule has 1 aliphatic rings. The highest BCUT2D eigenvalue weighted by molar-refractivity contribution is 9.10. The van der Waals surface area contributed by atoms with Gasteiger partial charge in [-0.3, -0.25) is 4.90 Å². The number of halogens is 1. The van der Waals surface area contributed by atoms with E-state index in [9.17, 15) is 0 Å². The lowest BCUT2D eigenvalue weighted by Gasteiger charge is -2.34. The van der Waals surface area contributed by atoms with Gasteiger partial charge in [-0.2, -0.15) is 0 Å². The number of hydrogen-bond acceptors (Lipinski definition) is 4. The molecule has 1 aromatic carbocycles. The molecule has 0 aromatic heterocycles. The van der Waals surface area contributed by atoms with Crippen LogP contribution < -0.4 is 10.5 Å². The van der Waals surface area contributed by atoms with Crippen molar-refractivity contribution in [1.82, 2.24) is 4.90 Å². The van der Waals surface area contributed by atoms with Crippen LogP contribution in [0.25, 0.3) is 0 Å². The lowest BCUT2D eigenvalue weighted by atomic mass is 10.1. The van der Waals surface area contributed by atoms with E-state index in [1.807, 2.05) is 6.07 Å². The summed E-state index contributed by atoms with van der Waals surface area (Å²) in [5, 5.41) is 0. The first-order chi connectivity index (χ1) is 8.74. The van der Waals surface area contributed by atoms with Gasteiger partial charge < -0.3 is 15.2 Å². The number of morpholine rings is 1. The molecular weight excluding hydrogens is 296 g/mol. The standard InChI is InChI=1S/C13H19BrN2O2/c1-17-13-3-2-10(6-12(13)14)8-16-4-5-18-9-11(16)7-15/h2-3,6,11H,4-5,7-9,15H2,1H3. The van der Waals surface area contributed by atoms with Crippen molar-refractivity contribution in [3.05, 3.63) is 28.2 Å². The molecule has 1 unspecified atom stereocenters. The maximum atomic E-state index is 5.77. The van der Waals surface area contributed by atoms with Crippen LogP contribution in [-0.2, 0) is 11.3 Å². The van der Waals surface area contributed by atoms with Gasteiger partial charge in [-0.15, -0.1) is 0 Å². The molecular formula is C13H19BrN2O2. The lowest BCUT2D eigenvalue weighted by molar-refractivity contribution is -0.00793. The molecule has 1 aliphatic heterocycles. The lowest BCUT2D eigenvalue weighted by Crippen LogP contribution is -2.48. The van der Waals surface area contributed by atoms with Crippen LogP contribution in [0.1, 0.15) is 5.56 Å². The van der Waals surface area contributed by atoms with E-state index in [0.29, 0.717) is 12.6 Å². The summed E-state index contributed by atoms with van der Waals surface area (Å²) in [4.78, 5) is 2.37. The van der Waals surface area contributed by atoms with Crippen molar-refractivity contribution in [1.29, 1.82) is 0 Å². The monoisotopic (exact) mass is 314 g/mol. The number of hydrogen-bond donors (Lipinski definition) is 1. The molecule has 0 saturated carbocycles. The first-order valence-electron chi connectivity index (χ1n) is 6.09. The minimum Gasteiger partial charge on any atom is -0.496 e. The minimum absolute atomic E-state index is 0.319. The zero-order valence-electron chi connectivity index (χ0n) is 10.6. The molecule has 1 aromatic rings. The maximum Gasteiger partial charge on any atom is 0.133 e. The van der Waals surface area contributed by atoms with E-state index >= 15 is 0 Å². The highest BCUT2D eigenvalue weighted by Gasteiger charge is 2.21. The van der Waals surface area contributed by atoms with E-state index < -0.39 is 0 Å². The smallest absolute Gasteiger partial charge is 0.133 e. The molecule has 4 nitrogen and oxygen atoms in total. The minimum atomic E-state index is 0.319. The summed E-state index contributed by atoms with van der Waals surface area (Å²) in [6.45, 7) is 3.98. The fourth-order valence-corrected chi connectivity index (χ4v) is 2.75. The average molecular weight is 315 g/mol. The zero-order valence-corrected chi connectivity index (χ0v) is 12.1. The highest BCUT2D eigenvalue weighted by Crippen LogP contribution is 2.26. The topological polar surface area (TPSA) is 47.7 Å². The quantitative estimate of drug-likeness (QED) is 0.917. The summed E-state index contributed by atoms with van der Waals surface area (Å²) in [7, 11) is 1.67. The number of nitrogens with two attached hydrogens (primary N) is 1. The third kappa shape index (κ3) is 3.23. The van der Waals surface area contributed by atoms with Crippen LogP contribution >= 0.6 is 15.9 Å². The van der Waals surface area contributed by atoms with Gasteiger partial charge in [0.15, 0.2) is 0 Å². The predicted molar refractivity (Wildman–Crippen MR) is 74.8 cm³/mol. The van der Waals surface area contributed by atoms with Crippen molar-refractivity contribution in [2.75, 3.05) is 33.4 Å². The summed E-state index contributed by atoms with van der Waals surface area (Å²) in [5.41, 5.74) is 7.02. The normalized spacial score (nSPS) is 20.9. The van der Waals surface area contributed by atoms with E-state index in [1.54, 1.807) is 7.11 Å². The van der Waals surface area contributed by atoms with Crippen LogP contribution in [0.5, 0.6) is 5.75 Å². The summed E-state index contributed by atoms with van der Waals surface area (Å²) < 4.78 is 11.7. The number of methoxy groups -OCH3 is 1. The predicted octanol–water partition coefficient (Wildman–Crippen LogP) is 1.62. The molecule has 1 heterocycles. The van der Waals surface area contributed by atoms with E-state index in [1.165, 1.54) is 5.56 Å². The van der Waals surface area contributed by atoms with Crippen molar-refractivity contribution in [3.63, 3.8) is 0 Å². The number of nitrogens with zero attached hydrogens (tertiary/aromatic N) is 1. The van der Waals surface area contributed by atoms with Crippen molar-refractivity contribution < 1.29 is 9.47 Å². The molecule has 2 N–H and O–H groups in total. The third-order valence-electron chi connectivity index (χ3n) is 3.22. The third-order valence-corrected chi connectivity index (χ3v) is 3.84. The van der Waals surface area contributed by atoms with Crippen LogP contribution in [-0.4, -0.2) is 44.4 Å². The molecule has 100 valence electrons. The highest BCUT2D eigenvalue weighted by atomic mass is 79.9. The zero-order chi connectivity index (χ0) is 13.0. The van der Waals surface area contributed by atoms with E-state index in [2.05, 4.69) is 33.0 Å². The first kappa shape index (κ1) is 13.8. The fraction of sp³-hybridized carbons (Fsp3) is 0.538. The Morgan fingerprint density at radius 1 is 1.56 bits per heavy atom. The maximum absolute atomic E-state index is 5.77. The molecule has 2 rings (SSSR count). The van der Waals surface area contributed by atoms with Crippen molar-refractivity contribution in [3.8, 4) is 5.75 Å². The molecule has 0 amide bonds.